The molecular formula is C23H27N3O5. The Kier molecular flexibility index (Phi) is 7.12. The van der Waals surface area contributed by atoms with Gasteiger partial charge in [-0.1, -0.05) is 18.2 Å². The summed E-state index contributed by atoms with van der Waals surface area (Å²) < 4.78 is 10.5. The summed E-state index contributed by atoms with van der Waals surface area (Å²) in [6.45, 7) is 3.28. The molecule has 0 aromatic heterocycles. The third-order valence-corrected chi connectivity index (χ3v) is 5.23. The van der Waals surface area contributed by atoms with Gasteiger partial charge in [-0.05, 0) is 31.2 Å². The van der Waals surface area contributed by atoms with E-state index in [0.29, 0.717) is 48.8 Å². The Labute approximate surface area is 181 Å². The largest absolute Gasteiger partial charge is 0.497 e. The maximum Gasteiger partial charge on any atom is 0.254 e. The van der Waals surface area contributed by atoms with E-state index in [1.54, 1.807) is 59.2 Å². The second-order valence-corrected chi connectivity index (χ2v) is 7.28. The van der Waals surface area contributed by atoms with Gasteiger partial charge in [-0.15, -0.1) is 0 Å². The molecule has 1 aliphatic rings. The zero-order valence-electron chi connectivity index (χ0n) is 18.0. The molecule has 31 heavy (non-hydrogen) atoms. The number of carbonyl (C=O) groups is 3. The summed E-state index contributed by atoms with van der Waals surface area (Å²) in [5.74, 6) is 0.482. The van der Waals surface area contributed by atoms with E-state index < -0.39 is 6.04 Å². The Morgan fingerprint density at radius 2 is 1.39 bits per heavy atom. The number of benzene rings is 2. The van der Waals surface area contributed by atoms with Gasteiger partial charge in [-0.25, -0.2) is 0 Å². The third kappa shape index (κ3) is 5.33. The van der Waals surface area contributed by atoms with Gasteiger partial charge >= 0.3 is 0 Å². The number of amides is 3. The van der Waals surface area contributed by atoms with Gasteiger partial charge in [-0.2, -0.15) is 0 Å². The topological polar surface area (TPSA) is 88.2 Å². The lowest BCUT2D eigenvalue weighted by molar-refractivity contribution is -0.134. The van der Waals surface area contributed by atoms with Gasteiger partial charge in [0.15, 0.2) is 0 Å². The molecule has 1 unspecified atom stereocenters. The summed E-state index contributed by atoms with van der Waals surface area (Å²) in [7, 11) is 3.07. The minimum absolute atomic E-state index is 0.144. The molecule has 0 bridgehead atoms. The van der Waals surface area contributed by atoms with Crippen molar-refractivity contribution >= 4 is 17.7 Å². The molecule has 1 fully saturated rings. The fraction of sp³-hybridized carbons (Fsp3) is 0.348. The third-order valence-electron chi connectivity index (χ3n) is 5.23. The SMILES string of the molecule is COc1cc(OC)cc(C(=O)N2CCN(C(=O)C(C)NC(=O)c3ccccc3)CC2)c1. The molecule has 8 nitrogen and oxygen atoms in total. The average Bonchev–Trinajstić information content (AvgIpc) is 2.83. The number of piperazine rings is 1. The molecule has 1 heterocycles. The second-order valence-electron chi connectivity index (χ2n) is 7.28. The second kappa shape index (κ2) is 9.97. The maximum absolute atomic E-state index is 12.9. The molecule has 8 heteroatoms. The molecule has 0 aliphatic carbocycles. The molecule has 0 saturated carbocycles. The molecule has 1 atom stereocenters. The van der Waals surface area contributed by atoms with Gasteiger partial charge in [0.05, 0.1) is 14.2 Å². The number of hydrogen-bond donors (Lipinski definition) is 1. The number of methoxy groups -OCH3 is 2. The van der Waals surface area contributed by atoms with E-state index in [1.807, 2.05) is 6.07 Å². The predicted octanol–water partition coefficient (Wildman–Crippen LogP) is 1.81. The first-order valence-corrected chi connectivity index (χ1v) is 10.1. The molecule has 3 amide bonds. The van der Waals surface area contributed by atoms with Crippen LogP contribution in [0.1, 0.15) is 27.6 Å². The van der Waals surface area contributed by atoms with E-state index in [1.165, 1.54) is 14.2 Å². The Hall–Kier alpha value is -3.55. The molecule has 1 saturated heterocycles. The first kappa shape index (κ1) is 22.1. The highest BCUT2D eigenvalue weighted by atomic mass is 16.5. The minimum Gasteiger partial charge on any atom is -0.497 e. The lowest BCUT2D eigenvalue weighted by atomic mass is 10.1. The van der Waals surface area contributed by atoms with Crippen molar-refractivity contribution in [1.29, 1.82) is 0 Å². The highest BCUT2D eigenvalue weighted by Gasteiger charge is 2.28. The number of nitrogens with zero attached hydrogens (tertiary/aromatic N) is 2. The summed E-state index contributed by atoms with van der Waals surface area (Å²) in [6, 6.07) is 13.2. The Morgan fingerprint density at radius 3 is 1.94 bits per heavy atom. The summed E-state index contributed by atoms with van der Waals surface area (Å²) in [6.07, 6.45) is 0. The summed E-state index contributed by atoms with van der Waals surface area (Å²) in [5, 5.41) is 2.74. The number of rotatable bonds is 6. The van der Waals surface area contributed by atoms with Crippen molar-refractivity contribution in [1.82, 2.24) is 15.1 Å². The quantitative estimate of drug-likeness (QED) is 0.763. The van der Waals surface area contributed by atoms with Crippen LogP contribution < -0.4 is 14.8 Å². The molecule has 1 aliphatic heterocycles. The van der Waals surface area contributed by atoms with Crippen molar-refractivity contribution in [2.75, 3.05) is 40.4 Å². The number of hydrogen-bond acceptors (Lipinski definition) is 5. The number of nitrogens with one attached hydrogen (secondary N) is 1. The molecule has 1 N–H and O–H groups in total. The Bertz CT molecular complexity index is 917. The van der Waals surface area contributed by atoms with Crippen LogP contribution in [0, 0.1) is 0 Å². The van der Waals surface area contributed by atoms with Crippen molar-refractivity contribution in [3.8, 4) is 11.5 Å². The number of ether oxygens (including phenoxy) is 2. The first-order valence-electron chi connectivity index (χ1n) is 10.1. The summed E-state index contributed by atoms with van der Waals surface area (Å²) in [5.41, 5.74) is 0.978. The Balaban J connectivity index is 1.57. The molecule has 2 aromatic rings. The van der Waals surface area contributed by atoms with E-state index in [2.05, 4.69) is 5.32 Å². The van der Waals surface area contributed by atoms with Crippen LogP contribution in [-0.4, -0.2) is 74.0 Å². The van der Waals surface area contributed by atoms with Crippen LogP contribution in [-0.2, 0) is 4.79 Å². The van der Waals surface area contributed by atoms with Gasteiger partial charge in [0.1, 0.15) is 17.5 Å². The Morgan fingerprint density at radius 1 is 0.839 bits per heavy atom. The highest BCUT2D eigenvalue weighted by Crippen LogP contribution is 2.24. The smallest absolute Gasteiger partial charge is 0.254 e. The highest BCUT2D eigenvalue weighted by molar-refractivity contribution is 5.97. The van der Waals surface area contributed by atoms with E-state index >= 15 is 0 Å². The summed E-state index contributed by atoms with van der Waals surface area (Å²) in [4.78, 5) is 41.3. The van der Waals surface area contributed by atoms with Crippen LogP contribution in [0.5, 0.6) is 11.5 Å². The van der Waals surface area contributed by atoms with Crippen molar-refractivity contribution in [2.45, 2.75) is 13.0 Å². The molecule has 0 spiro atoms. The van der Waals surface area contributed by atoms with Crippen molar-refractivity contribution in [3.63, 3.8) is 0 Å². The van der Waals surface area contributed by atoms with E-state index in [0.717, 1.165) is 0 Å². The minimum atomic E-state index is -0.655. The van der Waals surface area contributed by atoms with Gasteiger partial charge in [0, 0.05) is 43.4 Å². The number of carbonyl (C=O) groups excluding carboxylic acids is 3. The van der Waals surface area contributed by atoms with Crippen LogP contribution >= 0.6 is 0 Å². The van der Waals surface area contributed by atoms with E-state index in [-0.39, 0.29) is 17.7 Å². The monoisotopic (exact) mass is 425 g/mol. The van der Waals surface area contributed by atoms with Crippen LogP contribution in [0.15, 0.2) is 48.5 Å². The van der Waals surface area contributed by atoms with E-state index in [9.17, 15) is 14.4 Å². The molecule has 3 rings (SSSR count). The lowest BCUT2D eigenvalue weighted by Gasteiger charge is -2.36. The van der Waals surface area contributed by atoms with Gasteiger partial charge in [0.2, 0.25) is 5.91 Å². The van der Waals surface area contributed by atoms with Gasteiger partial charge in [-0.3, -0.25) is 14.4 Å². The maximum atomic E-state index is 12.9. The van der Waals surface area contributed by atoms with E-state index in [4.69, 9.17) is 9.47 Å². The molecule has 2 aromatic carbocycles. The van der Waals surface area contributed by atoms with Crippen molar-refractivity contribution in [3.05, 3.63) is 59.7 Å². The van der Waals surface area contributed by atoms with Gasteiger partial charge < -0.3 is 24.6 Å². The average molecular weight is 425 g/mol. The fourth-order valence-electron chi connectivity index (χ4n) is 3.45. The lowest BCUT2D eigenvalue weighted by Crippen LogP contribution is -2.55. The first-order chi connectivity index (χ1) is 14.9. The normalized spacial score (nSPS) is 14.5. The summed E-state index contributed by atoms with van der Waals surface area (Å²) >= 11 is 0. The molecule has 164 valence electrons. The molecular weight excluding hydrogens is 398 g/mol. The zero-order valence-corrected chi connectivity index (χ0v) is 18.0. The van der Waals surface area contributed by atoms with Crippen LogP contribution in [0.3, 0.4) is 0 Å². The van der Waals surface area contributed by atoms with Crippen LogP contribution in [0.4, 0.5) is 0 Å². The van der Waals surface area contributed by atoms with Crippen LogP contribution in [0.2, 0.25) is 0 Å². The van der Waals surface area contributed by atoms with Crippen molar-refractivity contribution in [2.24, 2.45) is 0 Å². The fourth-order valence-corrected chi connectivity index (χ4v) is 3.45. The van der Waals surface area contributed by atoms with Gasteiger partial charge in [0.25, 0.3) is 11.8 Å². The zero-order chi connectivity index (χ0) is 22.4. The predicted molar refractivity (Wildman–Crippen MR) is 115 cm³/mol. The standard InChI is InChI=1S/C23H27N3O5/c1-16(24-21(27)17-7-5-4-6-8-17)22(28)25-9-11-26(12-10-25)23(29)18-13-19(30-2)15-20(14-18)31-3/h4-8,13-16H,9-12H2,1-3H3,(H,24,27). The van der Waals surface area contributed by atoms with Crippen LogP contribution in [0.25, 0.3) is 0 Å². The molecule has 0 radical (unpaired) electrons. The van der Waals surface area contributed by atoms with Crippen molar-refractivity contribution < 1.29 is 23.9 Å².